The number of nitrogens with zero attached hydrogens (tertiary/aromatic N) is 1. The number of carbonyl (C=O) groups is 1. The van der Waals surface area contributed by atoms with Crippen LogP contribution in [0.1, 0.15) is 23.0 Å². The van der Waals surface area contributed by atoms with Crippen LogP contribution in [0.4, 0.5) is 0 Å². The quantitative estimate of drug-likeness (QED) is 0.843. The van der Waals surface area contributed by atoms with Crippen LogP contribution in [-0.2, 0) is 13.0 Å². The molecule has 106 valence electrons. The summed E-state index contributed by atoms with van der Waals surface area (Å²) in [5.41, 5.74) is 1.72. The fourth-order valence-electron chi connectivity index (χ4n) is 2.22. The highest BCUT2D eigenvalue weighted by molar-refractivity contribution is 5.92. The number of benzene rings is 1. The van der Waals surface area contributed by atoms with Crippen LogP contribution in [-0.4, -0.2) is 28.2 Å². The van der Waals surface area contributed by atoms with Crippen LogP contribution in [0.25, 0.3) is 0 Å². The summed E-state index contributed by atoms with van der Waals surface area (Å²) in [6, 6.07) is 13.2. The van der Waals surface area contributed by atoms with Crippen LogP contribution in [0.3, 0.4) is 0 Å². The summed E-state index contributed by atoms with van der Waals surface area (Å²) < 4.78 is 1.88. The lowest BCUT2D eigenvalue weighted by Crippen LogP contribution is -2.39. The lowest BCUT2D eigenvalue weighted by atomic mass is 10.1. The summed E-state index contributed by atoms with van der Waals surface area (Å²) in [5.74, 6) is -0.146. The van der Waals surface area contributed by atoms with E-state index < -0.39 is 0 Å². The molecule has 0 fully saturated rings. The Morgan fingerprint density at radius 3 is 2.65 bits per heavy atom. The molecule has 1 amide bonds. The summed E-state index contributed by atoms with van der Waals surface area (Å²) in [4.78, 5) is 12.2. The molecule has 0 aliphatic rings. The van der Waals surface area contributed by atoms with Crippen LogP contribution in [0.15, 0.2) is 48.7 Å². The van der Waals surface area contributed by atoms with Gasteiger partial charge >= 0.3 is 0 Å². The van der Waals surface area contributed by atoms with E-state index in [1.807, 2.05) is 54.1 Å². The third kappa shape index (κ3) is 3.48. The number of rotatable bonds is 6. The monoisotopic (exact) mass is 272 g/mol. The molecule has 1 aromatic carbocycles. The smallest absolute Gasteiger partial charge is 0.268 e. The van der Waals surface area contributed by atoms with Gasteiger partial charge in [0.15, 0.2) is 0 Å². The maximum Gasteiger partial charge on any atom is 0.268 e. The Bertz CT molecular complexity index is 549. The molecule has 2 N–H and O–H groups in total. The molecule has 20 heavy (non-hydrogen) atoms. The van der Waals surface area contributed by atoms with Gasteiger partial charge in [-0.05, 0) is 31.0 Å². The topological polar surface area (TPSA) is 54.3 Å². The first-order chi connectivity index (χ1) is 9.74. The highest BCUT2D eigenvalue weighted by Crippen LogP contribution is 2.06. The molecule has 2 rings (SSSR count). The molecule has 0 aliphatic heterocycles. The number of aromatic nitrogens is 1. The zero-order valence-electron chi connectivity index (χ0n) is 11.6. The first-order valence-corrected chi connectivity index (χ1v) is 6.85. The molecule has 0 spiro atoms. The van der Waals surface area contributed by atoms with Gasteiger partial charge in [0.1, 0.15) is 5.69 Å². The highest BCUT2D eigenvalue weighted by atomic mass is 16.3. The van der Waals surface area contributed by atoms with E-state index in [1.165, 1.54) is 0 Å². The Hall–Kier alpha value is -2.07. The Morgan fingerprint density at radius 1 is 1.25 bits per heavy atom. The van der Waals surface area contributed by atoms with Crippen molar-refractivity contribution in [1.82, 2.24) is 9.88 Å². The molecule has 1 atom stereocenters. The summed E-state index contributed by atoms with van der Waals surface area (Å²) in [6.45, 7) is 2.66. The predicted octanol–water partition coefficient (Wildman–Crippen LogP) is 1.84. The number of amides is 1. The van der Waals surface area contributed by atoms with Gasteiger partial charge in [-0.2, -0.15) is 0 Å². The van der Waals surface area contributed by atoms with E-state index >= 15 is 0 Å². The number of aliphatic hydroxyl groups is 1. The van der Waals surface area contributed by atoms with Crippen LogP contribution in [0, 0.1) is 0 Å². The molecule has 2 aromatic rings. The maximum atomic E-state index is 12.2. The number of hydrogen-bond acceptors (Lipinski definition) is 2. The molecule has 0 radical (unpaired) electrons. The van der Waals surface area contributed by atoms with Gasteiger partial charge in [0.25, 0.3) is 5.91 Å². The Morgan fingerprint density at radius 2 is 2.00 bits per heavy atom. The minimum absolute atomic E-state index is 0.0759. The average Bonchev–Trinajstić information content (AvgIpc) is 2.96. The highest BCUT2D eigenvalue weighted by Gasteiger charge is 2.15. The molecule has 4 nitrogen and oxygen atoms in total. The third-order valence-electron chi connectivity index (χ3n) is 3.28. The Balaban J connectivity index is 2.01. The van der Waals surface area contributed by atoms with Crippen molar-refractivity contribution >= 4 is 5.91 Å². The first-order valence-electron chi connectivity index (χ1n) is 6.85. The van der Waals surface area contributed by atoms with Gasteiger partial charge in [-0.1, -0.05) is 30.3 Å². The fourth-order valence-corrected chi connectivity index (χ4v) is 2.22. The summed E-state index contributed by atoms with van der Waals surface area (Å²) >= 11 is 0. The molecule has 0 aliphatic carbocycles. The van der Waals surface area contributed by atoms with Crippen LogP contribution in [0.5, 0.6) is 0 Å². The summed E-state index contributed by atoms with van der Waals surface area (Å²) in [6.07, 6.45) is 2.50. The number of aryl methyl sites for hydroxylation is 1. The second kappa shape index (κ2) is 6.91. The van der Waals surface area contributed by atoms with Crippen molar-refractivity contribution in [2.75, 3.05) is 6.61 Å². The van der Waals surface area contributed by atoms with Crippen molar-refractivity contribution < 1.29 is 9.90 Å². The Labute approximate surface area is 119 Å². The molecular weight excluding hydrogens is 252 g/mol. The molecule has 0 saturated carbocycles. The SMILES string of the molecule is CCn1cccc1C(=O)NC(CO)Cc1ccccc1. The normalized spacial score (nSPS) is 12.1. The third-order valence-corrected chi connectivity index (χ3v) is 3.28. The van der Waals surface area contributed by atoms with Crippen molar-refractivity contribution in [2.24, 2.45) is 0 Å². The fraction of sp³-hybridized carbons (Fsp3) is 0.312. The van der Waals surface area contributed by atoms with Crippen LogP contribution >= 0.6 is 0 Å². The largest absolute Gasteiger partial charge is 0.394 e. The van der Waals surface area contributed by atoms with Gasteiger partial charge in [0.2, 0.25) is 0 Å². The van der Waals surface area contributed by atoms with Crippen LogP contribution in [0.2, 0.25) is 0 Å². The zero-order chi connectivity index (χ0) is 14.4. The van der Waals surface area contributed by atoms with Gasteiger partial charge < -0.3 is 15.0 Å². The van der Waals surface area contributed by atoms with E-state index in [-0.39, 0.29) is 18.6 Å². The number of nitrogens with one attached hydrogen (secondary N) is 1. The number of carbonyl (C=O) groups excluding carboxylic acids is 1. The van der Waals surface area contributed by atoms with Gasteiger partial charge in [-0.25, -0.2) is 0 Å². The molecule has 0 saturated heterocycles. The lowest BCUT2D eigenvalue weighted by molar-refractivity contribution is 0.0907. The predicted molar refractivity (Wildman–Crippen MR) is 78.6 cm³/mol. The number of hydrogen-bond donors (Lipinski definition) is 2. The second-order valence-corrected chi connectivity index (χ2v) is 4.72. The molecule has 1 unspecified atom stereocenters. The van der Waals surface area contributed by atoms with E-state index in [2.05, 4.69) is 5.32 Å². The second-order valence-electron chi connectivity index (χ2n) is 4.72. The molecule has 1 aromatic heterocycles. The minimum Gasteiger partial charge on any atom is -0.394 e. The van der Waals surface area contributed by atoms with Crippen molar-refractivity contribution in [2.45, 2.75) is 25.9 Å². The van der Waals surface area contributed by atoms with Gasteiger partial charge in [-0.3, -0.25) is 4.79 Å². The summed E-state index contributed by atoms with van der Waals surface area (Å²) in [7, 11) is 0. The lowest BCUT2D eigenvalue weighted by Gasteiger charge is -2.17. The Kier molecular flexibility index (Phi) is 4.96. The van der Waals surface area contributed by atoms with E-state index in [1.54, 1.807) is 6.07 Å². The summed E-state index contributed by atoms with van der Waals surface area (Å²) in [5, 5.41) is 12.3. The van der Waals surface area contributed by atoms with E-state index in [0.29, 0.717) is 12.1 Å². The molecule has 4 heteroatoms. The first kappa shape index (κ1) is 14.3. The zero-order valence-corrected chi connectivity index (χ0v) is 11.6. The molecule has 1 heterocycles. The minimum atomic E-state index is -0.273. The van der Waals surface area contributed by atoms with Gasteiger partial charge in [0.05, 0.1) is 12.6 Å². The van der Waals surface area contributed by atoms with Crippen molar-refractivity contribution in [1.29, 1.82) is 0 Å². The van der Waals surface area contributed by atoms with Crippen molar-refractivity contribution in [3.8, 4) is 0 Å². The molecular formula is C16H20N2O2. The molecule has 0 bridgehead atoms. The standard InChI is InChI=1S/C16H20N2O2/c1-2-18-10-6-9-15(18)16(20)17-14(12-19)11-13-7-4-3-5-8-13/h3-10,14,19H,2,11-12H2,1H3,(H,17,20). The van der Waals surface area contributed by atoms with Crippen LogP contribution < -0.4 is 5.32 Å². The van der Waals surface area contributed by atoms with Gasteiger partial charge in [0, 0.05) is 12.7 Å². The van der Waals surface area contributed by atoms with E-state index in [9.17, 15) is 9.90 Å². The number of aliphatic hydroxyl groups excluding tert-OH is 1. The van der Waals surface area contributed by atoms with E-state index in [4.69, 9.17) is 0 Å². The maximum absolute atomic E-state index is 12.2. The van der Waals surface area contributed by atoms with Crippen molar-refractivity contribution in [3.05, 3.63) is 59.9 Å². The van der Waals surface area contributed by atoms with Crippen molar-refractivity contribution in [3.63, 3.8) is 0 Å². The van der Waals surface area contributed by atoms with E-state index in [0.717, 1.165) is 12.1 Å². The van der Waals surface area contributed by atoms with Gasteiger partial charge in [-0.15, -0.1) is 0 Å². The average molecular weight is 272 g/mol.